The maximum atomic E-state index is 2.46. The third-order valence-electron chi connectivity index (χ3n) is 4.07. The Hall–Kier alpha value is -0.0400. The number of fused-ring (bicyclic) bond motifs is 1. The van der Waals surface area contributed by atoms with E-state index in [1.165, 1.54) is 38.6 Å². The van der Waals surface area contributed by atoms with Gasteiger partial charge in [0.15, 0.2) is 0 Å². The van der Waals surface area contributed by atoms with E-state index in [9.17, 15) is 0 Å². The van der Waals surface area contributed by atoms with Crippen LogP contribution in [0, 0.1) is 11.8 Å². The van der Waals surface area contributed by atoms with Crippen LogP contribution in [0.5, 0.6) is 0 Å². The zero-order chi connectivity index (χ0) is 8.55. The summed E-state index contributed by atoms with van der Waals surface area (Å²) < 4.78 is 0. The summed E-state index contributed by atoms with van der Waals surface area (Å²) in [7, 11) is 2.40. The van der Waals surface area contributed by atoms with Crippen LogP contribution < -0.4 is 4.90 Å². The molecule has 12 heavy (non-hydrogen) atoms. The molecule has 1 N–H and O–H groups in total. The van der Waals surface area contributed by atoms with Crippen LogP contribution in [0.15, 0.2) is 0 Å². The Morgan fingerprint density at radius 1 is 1.08 bits per heavy atom. The zero-order valence-corrected chi connectivity index (χ0v) is 8.47. The first kappa shape index (κ1) is 8.55. The topological polar surface area (TPSA) is 4.44 Å². The smallest absolute Gasteiger partial charge is 0.0926 e. The number of hydrogen-bond acceptors (Lipinski definition) is 0. The van der Waals surface area contributed by atoms with Gasteiger partial charge in [-0.2, -0.15) is 0 Å². The molecule has 0 aromatic rings. The molecular weight excluding hydrogens is 146 g/mol. The van der Waals surface area contributed by atoms with Gasteiger partial charge in [0, 0.05) is 11.8 Å². The molecule has 0 radical (unpaired) electrons. The fourth-order valence-electron chi connectivity index (χ4n) is 3.55. The lowest BCUT2D eigenvalue weighted by atomic mass is 9.73. The molecule has 1 aliphatic carbocycles. The standard InChI is InChI=1S/C11H21N/c1-9-5-3-6-10-7-4-8-12(2)11(9)10/h9-11H,3-8H2,1-2H3/p+1/t9-,10-,11+/m1/s1. The van der Waals surface area contributed by atoms with Crippen molar-refractivity contribution in [1.82, 2.24) is 0 Å². The number of likely N-dealkylation sites (tertiary alicyclic amines) is 1. The summed E-state index contributed by atoms with van der Waals surface area (Å²) in [5.74, 6) is 2.06. The van der Waals surface area contributed by atoms with Gasteiger partial charge in [-0.3, -0.25) is 0 Å². The van der Waals surface area contributed by atoms with Crippen molar-refractivity contribution < 1.29 is 4.90 Å². The minimum Gasteiger partial charge on any atom is -0.334 e. The van der Waals surface area contributed by atoms with Crippen molar-refractivity contribution in [3.63, 3.8) is 0 Å². The van der Waals surface area contributed by atoms with E-state index in [0.717, 1.165) is 17.9 Å². The molecule has 4 atom stereocenters. The van der Waals surface area contributed by atoms with Crippen LogP contribution in [0.25, 0.3) is 0 Å². The first-order chi connectivity index (χ1) is 5.79. The molecule has 2 aliphatic rings. The monoisotopic (exact) mass is 168 g/mol. The second-order valence-electron chi connectivity index (χ2n) is 4.93. The first-order valence-corrected chi connectivity index (χ1v) is 5.61. The van der Waals surface area contributed by atoms with E-state index < -0.39 is 0 Å². The molecule has 1 heteroatoms. The molecular formula is C11H22N+. The Morgan fingerprint density at radius 2 is 1.83 bits per heavy atom. The fourth-order valence-corrected chi connectivity index (χ4v) is 3.55. The zero-order valence-electron chi connectivity index (χ0n) is 8.47. The van der Waals surface area contributed by atoms with Gasteiger partial charge in [0.25, 0.3) is 0 Å². The van der Waals surface area contributed by atoms with Crippen molar-refractivity contribution in [2.75, 3.05) is 13.6 Å². The predicted octanol–water partition coefficient (Wildman–Crippen LogP) is 1.10. The third-order valence-corrected chi connectivity index (χ3v) is 4.07. The average molecular weight is 168 g/mol. The van der Waals surface area contributed by atoms with Gasteiger partial charge in [0.2, 0.25) is 0 Å². The normalized spacial score (nSPS) is 48.5. The summed E-state index contributed by atoms with van der Waals surface area (Å²) in [4.78, 5) is 1.82. The molecule has 1 aliphatic heterocycles. The van der Waals surface area contributed by atoms with Crippen molar-refractivity contribution in [3.05, 3.63) is 0 Å². The van der Waals surface area contributed by atoms with Crippen LogP contribution in [0.4, 0.5) is 0 Å². The van der Waals surface area contributed by atoms with Crippen molar-refractivity contribution in [1.29, 1.82) is 0 Å². The van der Waals surface area contributed by atoms with E-state index in [0.29, 0.717) is 0 Å². The van der Waals surface area contributed by atoms with Crippen molar-refractivity contribution in [2.24, 2.45) is 11.8 Å². The Kier molecular flexibility index (Phi) is 2.40. The fraction of sp³-hybridized carbons (Fsp3) is 1.00. The number of rotatable bonds is 0. The number of quaternary nitrogens is 1. The third kappa shape index (κ3) is 1.39. The van der Waals surface area contributed by atoms with Gasteiger partial charge in [-0.15, -0.1) is 0 Å². The summed E-state index contributed by atoms with van der Waals surface area (Å²) in [5.41, 5.74) is 0. The molecule has 1 saturated carbocycles. The second-order valence-corrected chi connectivity index (χ2v) is 4.93. The maximum absolute atomic E-state index is 2.46. The molecule has 1 unspecified atom stereocenters. The van der Waals surface area contributed by atoms with Crippen LogP contribution in [0.1, 0.15) is 39.0 Å². The molecule has 2 rings (SSSR count). The highest BCUT2D eigenvalue weighted by molar-refractivity contribution is 4.81. The van der Waals surface area contributed by atoms with Gasteiger partial charge in [-0.05, 0) is 25.7 Å². The van der Waals surface area contributed by atoms with E-state index in [1.807, 2.05) is 4.90 Å². The average Bonchev–Trinajstić information content (AvgIpc) is 2.04. The Labute approximate surface area is 76.1 Å². The molecule has 0 bridgehead atoms. The van der Waals surface area contributed by atoms with Crippen LogP contribution in [-0.2, 0) is 0 Å². The van der Waals surface area contributed by atoms with Gasteiger partial charge in [-0.1, -0.05) is 13.3 Å². The first-order valence-electron chi connectivity index (χ1n) is 5.61. The van der Waals surface area contributed by atoms with Gasteiger partial charge in [-0.25, -0.2) is 0 Å². The van der Waals surface area contributed by atoms with Crippen molar-refractivity contribution in [3.8, 4) is 0 Å². The summed E-state index contributed by atoms with van der Waals surface area (Å²) in [5, 5.41) is 0. The van der Waals surface area contributed by atoms with Gasteiger partial charge in [0.05, 0.1) is 19.6 Å². The van der Waals surface area contributed by atoms with Crippen molar-refractivity contribution in [2.45, 2.75) is 45.1 Å². The lowest BCUT2D eigenvalue weighted by Gasteiger charge is -2.42. The van der Waals surface area contributed by atoms with Crippen LogP contribution >= 0.6 is 0 Å². The molecule has 0 aromatic heterocycles. The largest absolute Gasteiger partial charge is 0.334 e. The van der Waals surface area contributed by atoms with Crippen LogP contribution in [0.2, 0.25) is 0 Å². The highest BCUT2D eigenvalue weighted by Crippen LogP contribution is 2.31. The van der Waals surface area contributed by atoms with Crippen LogP contribution in [-0.4, -0.2) is 19.6 Å². The van der Waals surface area contributed by atoms with Gasteiger partial charge >= 0.3 is 0 Å². The van der Waals surface area contributed by atoms with E-state index >= 15 is 0 Å². The molecule has 0 amide bonds. The highest BCUT2D eigenvalue weighted by atomic mass is 15.1. The van der Waals surface area contributed by atoms with E-state index in [-0.39, 0.29) is 0 Å². The predicted molar refractivity (Wildman–Crippen MR) is 51.3 cm³/mol. The number of nitrogens with one attached hydrogen (secondary N) is 1. The lowest BCUT2D eigenvalue weighted by molar-refractivity contribution is -0.921. The summed E-state index contributed by atoms with van der Waals surface area (Å²) >= 11 is 0. The molecule has 2 fully saturated rings. The number of hydrogen-bond donors (Lipinski definition) is 1. The Balaban J connectivity index is 2.07. The minimum absolute atomic E-state index is 0.990. The van der Waals surface area contributed by atoms with E-state index in [1.54, 1.807) is 0 Å². The van der Waals surface area contributed by atoms with Crippen molar-refractivity contribution >= 4 is 0 Å². The number of piperidine rings is 1. The maximum Gasteiger partial charge on any atom is 0.0926 e. The second kappa shape index (κ2) is 3.37. The van der Waals surface area contributed by atoms with E-state index in [2.05, 4.69) is 14.0 Å². The summed E-state index contributed by atoms with van der Waals surface area (Å²) in [6.45, 7) is 3.89. The lowest BCUT2D eigenvalue weighted by Crippen LogP contribution is -3.15. The van der Waals surface area contributed by atoms with Gasteiger partial charge < -0.3 is 4.90 Å². The molecule has 0 spiro atoms. The molecule has 0 aromatic carbocycles. The summed E-state index contributed by atoms with van der Waals surface area (Å²) in [6.07, 6.45) is 7.49. The van der Waals surface area contributed by atoms with E-state index in [4.69, 9.17) is 0 Å². The Bertz CT molecular complexity index is 139. The highest BCUT2D eigenvalue weighted by Gasteiger charge is 2.38. The van der Waals surface area contributed by atoms with Crippen LogP contribution in [0.3, 0.4) is 0 Å². The minimum atomic E-state index is 0.990. The molecule has 1 heterocycles. The summed E-state index contributed by atoms with van der Waals surface area (Å²) in [6, 6.07) is 1.01. The Morgan fingerprint density at radius 3 is 2.58 bits per heavy atom. The molecule has 70 valence electrons. The SMILES string of the molecule is C[C@@H]1CCC[C@@H]2CCC[NH+](C)[C@H]21. The van der Waals surface area contributed by atoms with Gasteiger partial charge in [0.1, 0.15) is 0 Å². The quantitative estimate of drug-likeness (QED) is 0.552. The molecule has 1 nitrogen and oxygen atoms in total. The molecule has 1 saturated heterocycles.